The number of nitrogens with one attached hydrogen (secondary N) is 1. The summed E-state index contributed by atoms with van der Waals surface area (Å²) in [6.07, 6.45) is -2.74. The Morgan fingerprint density at radius 1 is 1.02 bits per heavy atom. The highest BCUT2D eigenvalue weighted by Crippen LogP contribution is 2.45. The number of anilines is 1. The third kappa shape index (κ3) is 5.00. The van der Waals surface area contributed by atoms with Crippen LogP contribution in [0, 0.1) is 10.1 Å². The van der Waals surface area contributed by atoms with E-state index in [1.54, 1.807) is 4.90 Å². The first-order valence-electron chi connectivity index (χ1n) is 13.4. The van der Waals surface area contributed by atoms with Crippen LogP contribution in [-0.2, 0) is 12.1 Å². The maximum Gasteiger partial charge on any atom is 0.422 e. The summed E-state index contributed by atoms with van der Waals surface area (Å²) in [4.78, 5) is 12.5. The van der Waals surface area contributed by atoms with Gasteiger partial charge < -0.3 is 19.7 Å². The number of nitro groups is 1. The fraction of sp³-hybridized carbons (Fsp3) is 0.333. The van der Waals surface area contributed by atoms with Crippen molar-refractivity contribution in [3.05, 3.63) is 100 Å². The zero-order valence-electron chi connectivity index (χ0n) is 22.1. The van der Waals surface area contributed by atoms with Crippen LogP contribution < -0.4 is 10.1 Å². The van der Waals surface area contributed by atoms with Gasteiger partial charge in [0.25, 0.3) is 5.69 Å². The van der Waals surface area contributed by atoms with E-state index in [4.69, 9.17) is 4.74 Å². The van der Waals surface area contributed by atoms with Crippen LogP contribution in [0.5, 0.6) is 5.75 Å². The van der Waals surface area contributed by atoms with E-state index in [0.717, 1.165) is 17.0 Å². The fourth-order valence-electron chi connectivity index (χ4n) is 5.91. The molecule has 6 rings (SSSR count). The lowest BCUT2D eigenvalue weighted by Crippen LogP contribution is -2.57. The molecule has 2 aliphatic heterocycles. The molecule has 4 aromatic rings. The molecular formula is C30H29F3N4O4. The Kier molecular flexibility index (Phi) is 6.66. The minimum Gasteiger partial charge on any atom is -0.483 e. The Balaban J connectivity index is 1.31. The number of piperidine rings is 1. The van der Waals surface area contributed by atoms with Crippen LogP contribution in [0.1, 0.15) is 24.0 Å². The molecule has 2 aliphatic rings. The molecule has 41 heavy (non-hydrogen) atoms. The first-order chi connectivity index (χ1) is 19.6. The van der Waals surface area contributed by atoms with Crippen LogP contribution in [0.2, 0.25) is 0 Å². The number of alkyl halides is 3. The number of likely N-dealkylation sites (tertiary alicyclic amines) is 1. The second kappa shape index (κ2) is 10.1. The first-order valence-corrected chi connectivity index (χ1v) is 13.4. The predicted molar refractivity (Wildman–Crippen MR) is 148 cm³/mol. The van der Waals surface area contributed by atoms with Crippen LogP contribution in [0.25, 0.3) is 10.9 Å². The number of rotatable bonds is 6. The highest BCUT2D eigenvalue weighted by molar-refractivity contribution is 5.87. The number of halogens is 3. The van der Waals surface area contributed by atoms with Gasteiger partial charge in [-0.25, -0.2) is 0 Å². The van der Waals surface area contributed by atoms with Gasteiger partial charge in [-0.1, -0.05) is 42.5 Å². The predicted octanol–water partition coefficient (Wildman–Crippen LogP) is 5.69. The van der Waals surface area contributed by atoms with E-state index in [-0.39, 0.29) is 28.7 Å². The van der Waals surface area contributed by atoms with E-state index in [9.17, 15) is 28.4 Å². The van der Waals surface area contributed by atoms with E-state index < -0.39 is 28.8 Å². The minimum atomic E-state index is -5.00. The quantitative estimate of drug-likeness (QED) is 0.230. The molecule has 1 spiro atoms. The Hall–Kier alpha value is -4.09. The zero-order chi connectivity index (χ0) is 28.8. The van der Waals surface area contributed by atoms with Gasteiger partial charge in [0.2, 0.25) is 5.60 Å². The smallest absolute Gasteiger partial charge is 0.422 e. The third-order valence-corrected chi connectivity index (χ3v) is 8.22. The average molecular weight is 567 g/mol. The average Bonchev–Trinajstić information content (AvgIpc) is 3.32. The standard InChI is InChI=1S/C30H29F3N4O4/c31-30(32,33)29(38,20-35-14-12-28(13-15-35)19-34-25-8-4-5-9-27(25)41-28)24-18-36(17-21-6-2-1-3-7-21)26-16-22(37(39)40)10-11-23(24)26/h1-11,16,18,34,38H,12-15,17,19-20H2. The van der Waals surface area contributed by atoms with E-state index in [1.807, 2.05) is 54.6 Å². The number of non-ortho nitro benzene ring substituents is 1. The van der Waals surface area contributed by atoms with Crippen molar-refractivity contribution in [1.82, 2.24) is 9.47 Å². The molecule has 0 amide bonds. The Morgan fingerprint density at radius 3 is 2.44 bits per heavy atom. The SMILES string of the molecule is O=[N+]([O-])c1ccc2c(C(O)(CN3CCC4(CC3)CNc3ccccc3O4)C(F)(F)F)cn(Cc3ccccc3)c2c1. The van der Waals surface area contributed by atoms with Gasteiger partial charge >= 0.3 is 6.18 Å². The van der Waals surface area contributed by atoms with Gasteiger partial charge in [0.1, 0.15) is 11.4 Å². The summed E-state index contributed by atoms with van der Waals surface area (Å²) >= 11 is 0. The molecule has 1 unspecified atom stereocenters. The fourth-order valence-corrected chi connectivity index (χ4v) is 5.91. The molecule has 0 radical (unpaired) electrons. The summed E-state index contributed by atoms with van der Waals surface area (Å²) < 4.78 is 52.2. The molecule has 214 valence electrons. The van der Waals surface area contributed by atoms with Gasteiger partial charge in [-0.05, 0) is 23.8 Å². The Morgan fingerprint density at radius 2 is 1.73 bits per heavy atom. The van der Waals surface area contributed by atoms with Gasteiger partial charge in [0, 0.05) is 68.3 Å². The van der Waals surface area contributed by atoms with Gasteiger partial charge in [0.05, 0.1) is 22.7 Å². The van der Waals surface area contributed by atoms with Crippen molar-refractivity contribution >= 4 is 22.3 Å². The molecule has 1 atom stereocenters. The summed E-state index contributed by atoms with van der Waals surface area (Å²) in [5.74, 6) is 0.722. The molecule has 11 heteroatoms. The Labute approximate surface area is 234 Å². The number of aliphatic hydroxyl groups is 1. The number of aromatic nitrogens is 1. The van der Waals surface area contributed by atoms with Gasteiger partial charge in [0.15, 0.2) is 0 Å². The topological polar surface area (TPSA) is 92.8 Å². The molecule has 3 aromatic carbocycles. The summed E-state index contributed by atoms with van der Waals surface area (Å²) in [5.41, 5.74) is -2.36. The summed E-state index contributed by atoms with van der Waals surface area (Å²) in [6, 6.07) is 20.4. The van der Waals surface area contributed by atoms with E-state index >= 15 is 0 Å². The van der Waals surface area contributed by atoms with E-state index in [2.05, 4.69) is 5.32 Å². The highest BCUT2D eigenvalue weighted by Gasteiger charge is 2.57. The normalized spacial score (nSPS) is 18.3. The van der Waals surface area contributed by atoms with E-state index in [0.29, 0.717) is 32.5 Å². The molecule has 1 fully saturated rings. The largest absolute Gasteiger partial charge is 0.483 e. The lowest BCUT2D eigenvalue weighted by Gasteiger charge is -2.46. The van der Waals surface area contributed by atoms with Crippen molar-refractivity contribution in [3.8, 4) is 5.75 Å². The molecule has 1 aromatic heterocycles. The van der Waals surface area contributed by atoms with Crippen molar-refractivity contribution in [2.24, 2.45) is 0 Å². The van der Waals surface area contributed by atoms with Crippen molar-refractivity contribution in [2.45, 2.75) is 36.8 Å². The molecule has 0 aliphatic carbocycles. The van der Waals surface area contributed by atoms with Crippen LogP contribution in [0.3, 0.4) is 0 Å². The lowest BCUT2D eigenvalue weighted by atomic mass is 9.87. The molecular weight excluding hydrogens is 537 g/mol. The Bertz CT molecular complexity index is 1580. The number of β-amino-alcohol motifs (C(OH)–C–C–N with tert-alkyl or cyclic N) is 1. The molecule has 1 saturated heterocycles. The summed E-state index contributed by atoms with van der Waals surface area (Å²) in [5, 5.41) is 26.5. The molecule has 8 nitrogen and oxygen atoms in total. The maximum atomic E-state index is 14.8. The number of hydrogen-bond acceptors (Lipinski definition) is 6. The second-order valence-electron chi connectivity index (χ2n) is 10.9. The maximum absolute atomic E-state index is 14.8. The monoisotopic (exact) mass is 566 g/mol. The number of hydrogen-bond donors (Lipinski definition) is 2. The van der Waals surface area contributed by atoms with Crippen molar-refractivity contribution in [3.63, 3.8) is 0 Å². The number of nitro benzene ring substituents is 1. The molecule has 3 heterocycles. The van der Waals surface area contributed by atoms with E-state index in [1.165, 1.54) is 29.0 Å². The minimum absolute atomic E-state index is 0.122. The van der Waals surface area contributed by atoms with Crippen LogP contribution >= 0.6 is 0 Å². The van der Waals surface area contributed by atoms with Crippen molar-refractivity contribution in [2.75, 3.05) is 31.5 Å². The first kappa shape index (κ1) is 27.1. The van der Waals surface area contributed by atoms with Gasteiger partial charge in [-0.2, -0.15) is 13.2 Å². The lowest BCUT2D eigenvalue weighted by molar-refractivity contribution is -0.384. The number of ether oxygens (including phenoxy) is 1. The van der Waals surface area contributed by atoms with Crippen molar-refractivity contribution < 1.29 is 27.9 Å². The molecule has 0 saturated carbocycles. The van der Waals surface area contributed by atoms with Crippen LogP contribution in [-0.4, -0.2) is 57.5 Å². The highest BCUT2D eigenvalue weighted by atomic mass is 19.4. The molecule has 2 N–H and O–H groups in total. The van der Waals surface area contributed by atoms with Gasteiger partial charge in [-0.3, -0.25) is 15.0 Å². The zero-order valence-corrected chi connectivity index (χ0v) is 22.1. The number of fused-ring (bicyclic) bond motifs is 2. The summed E-state index contributed by atoms with van der Waals surface area (Å²) in [7, 11) is 0. The summed E-state index contributed by atoms with van der Waals surface area (Å²) in [6.45, 7) is 0.669. The van der Waals surface area contributed by atoms with Crippen molar-refractivity contribution in [1.29, 1.82) is 0 Å². The number of para-hydroxylation sites is 2. The third-order valence-electron chi connectivity index (χ3n) is 8.22. The van der Waals surface area contributed by atoms with Crippen LogP contribution in [0.15, 0.2) is 79.0 Å². The number of nitrogens with zero attached hydrogens (tertiary/aromatic N) is 3. The van der Waals surface area contributed by atoms with Gasteiger partial charge in [-0.15, -0.1) is 0 Å². The second-order valence-corrected chi connectivity index (χ2v) is 10.9. The van der Waals surface area contributed by atoms with Crippen LogP contribution in [0.4, 0.5) is 24.5 Å². The number of benzene rings is 3. The molecule has 0 bridgehead atoms.